The molecule has 3 aromatic heterocycles. The SMILES string of the molecule is CC(C)(C)c1ccc(Nc2cc3c(cc2-c2ccc4c5cc6c(cc5n5c4c2[B]c2cc4oc7ccccc7c4cc2-5)oc2ccccc26)-c2cc4c(cc2C3(C)C)C(C)(C)CCC4(C)C)cc1. The zero-order chi connectivity index (χ0) is 46.4. The van der Waals surface area contributed by atoms with E-state index < -0.39 is 0 Å². The van der Waals surface area contributed by atoms with Crippen LogP contribution in [-0.4, -0.2) is 11.8 Å². The Balaban J connectivity index is 1.06. The summed E-state index contributed by atoms with van der Waals surface area (Å²) in [4.78, 5) is 0. The molecule has 11 aromatic rings. The highest BCUT2D eigenvalue weighted by atomic mass is 16.3. The van der Waals surface area contributed by atoms with Gasteiger partial charge >= 0.3 is 0 Å². The molecule has 0 amide bonds. The van der Waals surface area contributed by atoms with E-state index in [0.717, 1.165) is 71.9 Å². The van der Waals surface area contributed by atoms with E-state index in [-0.39, 0.29) is 21.7 Å². The highest BCUT2D eigenvalue weighted by Crippen LogP contribution is 2.56. The number of furan rings is 2. The highest BCUT2D eigenvalue weighted by molar-refractivity contribution is 6.73. The molecule has 0 unspecified atom stereocenters. The molecule has 1 N–H and O–H groups in total. The number of hydrogen-bond donors (Lipinski definition) is 1. The second-order valence-electron chi connectivity index (χ2n) is 23.1. The quantitative estimate of drug-likeness (QED) is 0.180. The first-order valence-electron chi connectivity index (χ1n) is 24.5. The van der Waals surface area contributed by atoms with Gasteiger partial charge in [-0.05, 0) is 140 Å². The molecule has 1 radical (unpaired) electrons. The molecule has 3 aliphatic rings. The van der Waals surface area contributed by atoms with Crippen molar-refractivity contribution in [2.75, 3.05) is 5.32 Å². The number of benzene rings is 8. The van der Waals surface area contributed by atoms with Gasteiger partial charge in [0.2, 0.25) is 0 Å². The van der Waals surface area contributed by atoms with Crippen LogP contribution < -0.4 is 16.2 Å². The third-order valence-electron chi connectivity index (χ3n) is 16.6. The molecule has 1 aliphatic heterocycles. The molecular weight excluding hydrogens is 828 g/mol. The Labute approximate surface area is 398 Å². The van der Waals surface area contributed by atoms with E-state index in [1.807, 2.05) is 0 Å². The molecule has 4 nitrogen and oxygen atoms in total. The minimum absolute atomic E-state index is 0.0572. The fourth-order valence-electron chi connectivity index (χ4n) is 12.6. The number of nitrogens with one attached hydrogen (secondary N) is 1. The van der Waals surface area contributed by atoms with Crippen LogP contribution in [0.25, 0.3) is 93.6 Å². The van der Waals surface area contributed by atoms with Crippen LogP contribution in [0.3, 0.4) is 0 Å². The second kappa shape index (κ2) is 13.2. The number of anilines is 2. The Morgan fingerprint density at radius 2 is 1.13 bits per heavy atom. The molecule has 0 spiro atoms. The van der Waals surface area contributed by atoms with Crippen molar-refractivity contribution in [3.8, 4) is 27.9 Å². The maximum atomic E-state index is 6.60. The highest BCUT2D eigenvalue weighted by Gasteiger charge is 2.43. The summed E-state index contributed by atoms with van der Waals surface area (Å²) < 4.78 is 15.7. The maximum Gasteiger partial charge on any atom is 0.198 e. The Kier molecular flexibility index (Phi) is 7.77. The van der Waals surface area contributed by atoms with Crippen LogP contribution >= 0.6 is 0 Å². The molecule has 0 atom stereocenters. The van der Waals surface area contributed by atoms with Crippen LogP contribution in [0.1, 0.15) is 103 Å². The molecular formula is C63H54BN2O2. The normalized spacial score (nSPS) is 16.4. The summed E-state index contributed by atoms with van der Waals surface area (Å²) in [7, 11) is 2.42. The van der Waals surface area contributed by atoms with Gasteiger partial charge in [-0.1, -0.05) is 135 Å². The molecule has 4 heterocycles. The van der Waals surface area contributed by atoms with Gasteiger partial charge in [0.1, 0.15) is 22.3 Å². The average molecular weight is 882 g/mol. The summed E-state index contributed by atoms with van der Waals surface area (Å²) in [5.74, 6) is 0. The number of hydrogen-bond acceptors (Lipinski definition) is 3. The van der Waals surface area contributed by atoms with Crippen molar-refractivity contribution >= 4 is 95.3 Å². The summed E-state index contributed by atoms with van der Waals surface area (Å²) in [5.41, 5.74) is 23.8. The van der Waals surface area contributed by atoms with E-state index in [9.17, 15) is 0 Å². The van der Waals surface area contributed by atoms with E-state index in [1.165, 1.54) is 84.7 Å². The van der Waals surface area contributed by atoms with E-state index in [1.54, 1.807) is 0 Å². The van der Waals surface area contributed by atoms with Crippen molar-refractivity contribution in [3.05, 3.63) is 161 Å². The topological polar surface area (TPSA) is 43.2 Å². The van der Waals surface area contributed by atoms with Crippen molar-refractivity contribution in [1.29, 1.82) is 0 Å². The Bertz CT molecular complexity index is 4030. The predicted octanol–water partition coefficient (Wildman–Crippen LogP) is 15.9. The maximum absolute atomic E-state index is 6.60. The molecule has 0 saturated carbocycles. The number of nitrogens with zero attached hydrogens (tertiary/aromatic N) is 1. The van der Waals surface area contributed by atoms with Crippen molar-refractivity contribution in [2.24, 2.45) is 0 Å². The lowest BCUT2D eigenvalue weighted by molar-refractivity contribution is 0.331. The molecule has 5 heteroatoms. The van der Waals surface area contributed by atoms with Crippen LogP contribution in [0.2, 0.25) is 0 Å². The molecule has 14 rings (SSSR count). The standard InChI is InChI=1S/C63H54BN2O2/c1-60(2,3)34-18-20-35(21-19-34)65-51-31-47-40(41-28-48-49(30-46(41)63(47,8)9)62(6,7)25-24-61(48,4)5)26-42(51)38-22-23-39-43-27-44-36-14-10-12-16-54(36)68-57(44)33-52(43)66-53-29-45-37-15-11-13-17-55(37)67-56(45)32-50(53)64-58(38)59(39)66/h10-23,26-33,65H,24-25H2,1-9H3. The molecule has 0 bridgehead atoms. The van der Waals surface area contributed by atoms with E-state index in [4.69, 9.17) is 8.83 Å². The monoisotopic (exact) mass is 881 g/mol. The number of aromatic nitrogens is 1. The summed E-state index contributed by atoms with van der Waals surface area (Å²) in [6.45, 7) is 21.5. The minimum atomic E-state index is -0.197. The van der Waals surface area contributed by atoms with Crippen molar-refractivity contribution in [1.82, 2.24) is 4.57 Å². The molecule has 8 aromatic carbocycles. The first-order valence-corrected chi connectivity index (χ1v) is 24.5. The van der Waals surface area contributed by atoms with Crippen LogP contribution in [-0.2, 0) is 21.7 Å². The number of rotatable bonds is 3. The molecule has 331 valence electrons. The molecule has 0 saturated heterocycles. The van der Waals surface area contributed by atoms with Crippen LogP contribution in [0, 0.1) is 0 Å². The second-order valence-corrected chi connectivity index (χ2v) is 23.1. The van der Waals surface area contributed by atoms with Gasteiger partial charge in [0.25, 0.3) is 0 Å². The van der Waals surface area contributed by atoms with E-state index >= 15 is 0 Å². The third-order valence-corrected chi connectivity index (χ3v) is 16.6. The van der Waals surface area contributed by atoms with Gasteiger partial charge < -0.3 is 18.7 Å². The van der Waals surface area contributed by atoms with E-state index in [2.05, 4.69) is 213 Å². The van der Waals surface area contributed by atoms with Crippen molar-refractivity contribution < 1.29 is 8.83 Å². The van der Waals surface area contributed by atoms with Gasteiger partial charge in [-0.15, -0.1) is 0 Å². The Hall–Kier alpha value is -6.98. The predicted molar refractivity (Wildman–Crippen MR) is 287 cm³/mol. The van der Waals surface area contributed by atoms with Crippen molar-refractivity contribution in [3.63, 3.8) is 0 Å². The van der Waals surface area contributed by atoms with Gasteiger partial charge in [-0.25, -0.2) is 0 Å². The average Bonchev–Trinajstić information content (AvgIpc) is 4.02. The van der Waals surface area contributed by atoms with Gasteiger partial charge in [0.15, 0.2) is 7.28 Å². The Morgan fingerprint density at radius 3 is 1.82 bits per heavy atom. The van der Waals surface area contributed by atoms with Crippen LogP contribution in [0.5, 0.6) is 0 Å². The fraction of sp³-hybridized carbons (Fsp3) is 0.238. The lowest BCUT2D eigenvalue weighted by Gasteiger charge is -2.42. The zero-order valence-corrected chi connectivity index (χ0v) is 40.5. The van der Waals surface area contributed by atoms with Gasteiger partial charge in [-0.2, -0.15) is 0 Å². The third kappa shape index (κ3) is 5.45. The molecule has 2 aliphatic carbocycles. The Morgan fingerprint density at radius 1 is 0.515 bits per heavy atom. The molecule has 68 heavy (non-hydrogen) atoms. The summed E-state index contributed by atoms with van der Waals surface area (Å²) in [6.07, 6.45) is 2.37. The van der Waals surface area contributed by atoms with Crippen LogP contribution in [0.15, 0.2) is 142 Å². The summed E-state index contributed by atoms with van der Waals surface area (Å²) in [5, 5.41) is 11.0. The lowest BCUT2D eigenvalue weighted by Crippen LogP contribution is -2.37. The first-order chi connectivity index (χ1) is 32.5. The number of fused-ring (bicyclic) bond motifs is 15. The van der Waals surface area contributed by atoms with Gasteiger partial charge in [0, 0.05) is 71.9 Å². The molecule has 0 fully saturated rings. The number of para-hydroxylation sites is 2. The minimum Gasteiger partial charge on any atom is -0.456 e. The van der Waals surface area contributed by atoms with Crippen LogP contribution in [0.4, 0.5) is 11.4 Å². The largest absolute Gasteiger partial charge is 0.456 e. The smallest absolute Gasteiger partial charge is 0.198 e. The first kappa shape index (κ1) is 40.1. The summed E-state index contributed by atoms with van der Waals surface area (Å²) in [6, 6.07) is 50.0. The fourth-order valence-corrected chi connectivity index (χ4v) is 12.6. The van der Waals surface area contributed by atoms with Gasteiger partial charge in [-0.3, -0.25) is 0 Å². The lowest BCUT2D eigenvalue weighted by atomic mass is 9.59. The zero-order valence-electron chi connectivity index (χ0n) is 40.5. The van der Waals surface area contributed by atoms with E-state index in [0.29, 0.717) is 0 Å². The van der Waals surface area contributed by atoms with Gasteiger partial charge in [0.05, 0.1) is 5.52 Å². The summed E-state index contributed by atoms with van der Waals surface area (Å²) >= 11 is 0. The van der Waals surface area contributed by atoms with Crippen molar-refractivity contribution in [2.45, 2.75) is 96.8 Å².